The fourth-order valence-electron chi connectivity index (χ4n) is 3.49. The number of carboxylic acids is 2. The van der Waals surface area contributed by atoms with Gasteiger partial charge in [-0.1, -0.05) is 20.3 Å². The highest BCUT2D eigenvalue weighted by atomic mass is 32.2. The molecule has 12 heteroatoms. The lowest BCUT2D eigenvalue weighted by atomic mass is 9.98. The summed E-state index contributed by atoms with van der Waals surface area (Å²) in [6, 6.07) is -4.17. The SMILES string of the molecule is CCC(C)C(NC(=O)C1CCCN1C(=O)C(CCSC)NC(=O)C(N)CC(=O)O)C(=O)O. The maximum Gasteiger partial charge on any atom is 0.326 e. The van der Waals surface area contributed by atoms with E-state index in [4.69, 9.17) is 10.8 Å². The molecule has 11 nitrogen and oxygen atoms in total. The minimum absolute atomic E-state index is 0.279. The van der Waals surface area contributed by atoms with Gasteiger partial charge >= 0.3 is 11.9 Å². The first-order valence-corrected chi connectivity index (χ1v) is 12.0. The van der Waals surface area contributed by atoms with Crippen LogP contribution in [0.5, 0.6) is 0 Å². The second-order valence-electron chi connectivity index (χ2n) is 7.95. The van der Waals surface area contributed by atoms with Crippen molar-refractivity contribution in [1.29, 1.82) is 0 Å². The minimum atomic E-state index is -1.30. The summed E-state index contributed by atoms with van der Waals surface area (Å²) in [6.45, 7) is 3.85. The fourth-order valence-corrected chi connectivity index (χ4v) is 3.96. The molecule has 1 rings (SSSR count). The number of hydrogen-bond donors (Lipinski definition) is 5. The van der Waals surface area contributed by atoms with Crippen LogP contribution in [0, 0.1) is 5.92 Å². The highest BCUT2D eigenvalue weighted by Gasteiger charge is 2.39. The number of rotatable bonds is 13. The van der Waals surface area contributed by atoms with E-state index >= 15 is 0 Å². The van der Waals surface area contributed by atoms with E-state index in [0.29, 0.717) is 31.6 Å². The van der Waals surface area contributed by atoms with Gasteiger partial charge < -0.3 is 31.5 Å². The van der Waals surface area contributed by atoms with E-state index in [1.165, 1.54) is 16.7 Å². The Morgan fingerprint density at radius 2 is 1.84 bits per heavy atom. The zero-order valence-electron chi connectivity index (χ0n) is 18.7. The second kappa shape index (κ2) is 13.3. The zero-order valence-corrected chi connectivity index (χ0v) is 19.5. The molecule has 5 unspecified atom stereocenters. The Morgan fingerprint density at radius 1 is 1.19 bits per heavy atom. The Morgan fingerprint density at radius 3 is 2.38 bits per heavy atom. The Hall–Kier alpha value is -2.34. The van der Waals surface area contributed by atoms with Crippen LogP contribution in [0.4, 0.5) is 0 Å². The molecule has 6 N–H and O–H groups in total. The van der Waals surface area contributed by atoms with Crippen LogP contribution in [0.1, 0.15) is 46.0 Å². The maximum absolute atomic E-state index is 13.2. The van der Waals surface area contributed by atoms with Crippen molar-refractivity contribution in [2.75, 3.05) is 18.6 Å². The molecule has 0 aliphatic carbocycles. The van der Waals surface area contributed by atoms with Crippen LogP contribution >= 0.6 is 11.8 Å². The first-order valence-electron chi connectivity index (χ1n) is 10.6. The van der Waals surface area contributed by atoms with Gasteiger partial charge in [0.05, 0.1) is 12.5 Å². The van der Waals surface area contributed by atoms with Crippen LogP contribution in [-0.2, 0) is 24.0 Å². The molecule has 1 heterocycles. The monoisotopic (exact) mass is 474 g/mol. The van der Waals surface area contributed by atoms with Crippen molar-refractivity contribution in [1.82, 2.24) is 15.5 Å². The van der Waals surface area contributed by atoms with Gasteiger partial charge in [-0.2, -0.15) is 11.8 Å². The van der Waals surface area contributed by atoms with E-state index in [0.717, 1.165) is 0 Å². The number of thioether (sulfide) groups is 1. The van der Waals surface area contributed by atoms with Crippen LogP contribution < -0.4 is 16.4 Å². The molecule has 0 aromatic carbocycles. The fraction of sp³-hybridized carbons (Fsp3) is 0.750. The van der Waals surface area contributed by atoms with Gasteiger partial charge in [0.25, 0.3) is 0 Å². The molecule has 0 saturated carbocycles. The molecule has 0 radical (unpaired) electrons. The van der Waals surface area contributed by atoms with E-state index in [1.54, 1.807) is 6.92 Å². The number of amides is 3. The second-order valence-corrected chi connectivity index (χ2v) is 8.93. The first-order chi connectivity index (χ1) is 15.0. The largest absolute Gasteiger partial charge is 0.481 e. The number of hydrogen-bond acceptors (Lipinski definition) is 7. The van der Waals surface area contributed by atoms with Gasteiger partial charge in [0.1, 0.15) is 18.1 Å². The number of likely N-dealkylation sites (tertiary alicyclic amines) is 1. The third-order valence-electron chi connectivity index (χ3n) is 5.57. The summed E-state index contributed by atoms with van der Waals surface area (Å²) in [7, 11) is 0. The molecule has 0 aromatic rings. The highest BCUT2D eigenvalue weighted by molar-refractivity contribution is 7.98. The van der Waals surface area contributed by atoms with E-state index in [1.807, 2.05) is 13.2 Å². The molecule has 0 spiro atoms. The molecule has 1 saturated heterocycles. The lowest BCUT2D eigenvalue weighted by Gasteiger charge is -2.30. The zero-order chi connectivity index (χ0) is 24.4. The minimum Gasteiger partial charge on any atom is -0.481 e. The predicted octanol–water partition coefficient (Wildman–Crippen LogP) is -0.367. The number of nitrogens with zero attached hydrogens (tertiary/aromatic N) is 1. The molecule has 5 atom stereocenters. The standard InChI is InChI=1S/C20H34N4O7S/c1-4-11(2)16(20(30)31)23-18(28)14-6-5-8-24(14)19(29)13(7-9-32-3)22-17(27)12(21)10-15(25)26/h11-14,16H,4-10,21H2,1-3H3,(H,22,27)(H,23,28)(H,25,26)(H,30,31). The summed E-state index contributed by atoms with van der Waals surface area (Å²) in [5.74, 6) is -3.87. The van der Waals surface area contributed by atoms with Crippen molar-refractivity contribution >= 4 is 41.4 Å². The number of nitrogens with two attached hydrogens (primary N) is 1. The summed E-state index contributed by atoms with van der Waals surface area (Å²) in [6.07, 6.45) is 3.05. The van der Waals surface area contributed by atoms with Crippen molar-refractivity contribution in [3.05, 3.63) is 0 Å². The van der Waals surface area contributed by atoms with Crippen LogP contribution in [-0.4, -0.2) is 87.5 Å². The Kier molecular flexibility index (Phi) is 11.5. The first kappa shape index (κ1) is 27.7. The van der Waals surface area contributed by atoms with Gasteiger partial charge in [-0.05, 0) is 37.2 Å². The molecule has 182 valence electrons. The normalized spacial score (nSPS) is 19.5. The van der Waals surface area contributed by atoms with Gasteiger partial charge in [0, 0.05) is 6.54 Å². The van der Waals surface area contributed by atoms with Crippen LogP contribution in [0.15, 0.2) is 0 Å². The average molecular weight is 475 g/mol. The van der Waals surface area contributed by atoms with Crippen LogP contribution in [0.25, 0.3) is 0 Å². The molecule has 1 aliphatic heterocycles. The van der Waals surface area contributed by atoms with Crippen LogP contribution in [0.3, 0.4) is 0 Å². The quantitative estimate of drug-likeness (QED) is 0.238. The number of nitrogens with one attached hydrogen (secondary N) is 2. The number of carboxylic acid groups (broad SMARTS) is 2. The van der Waals surface area contributed by atoms with Gasteiger partial charge in [0.2, 0.25) is 17.7 Å². The average Bonchev–Trinajstić information content (AvgIpc) is 3.22. The molecule has 32 heavy (non-hydrogen) atoms. The number of carbonyl (C=O) groups is 5. The Labute approximate surface area is 191 Å². The summed E-state index contributed by atoms with van der Waals surface area (Å²) in [4.78, 5) is 62.1. The molecular formula is C20H34N4O7S. The Balaban J connectivity index is 2.95. The molecule has 3 amide bonds. The summed E-state index contributed by atoms with van der Waals surface area (Å²) in [5.41, 5.74) is 5.61. The molecule has 0 aromatic heterocycles. The van der Waals surface area contributed by atoms with Crippen molar-refractivity contribution in [2.45, 2.75) is 70.1 Å². The molecule has 1 fully saturated rings. The third-order valence-corrected chi connectivity index (χ3v) is 6.22. The van der Waals surface area contributed by atoms with Crippen LogP contribution in [0.2, 0.25) is 0 Å². The topological polar surface area (TPSA) is 179 Å². The van der Waals surface area contributed by atoms with Gasteiger partial charge in [-0.3, -0.25) is 19.2 Å². The molecule has 0 bridgehead atoms. The summed E-state index contributed by atoms with van der Waals surface area (Å²) < 4.78 is 0. The summed E-state index contributed by atoms with van der Waals surface area (Å²) >= 11 is 1.47. The van der Waals surface area contributed by atoms with Crippen molar-refractivity contribution in [2.24, 2.45) is 11.7 Å². The van der Waals surface area contributed by atoms with Crippen molar-refractivity contribution in [3.63, 3.8) is 0 Å². The van der Waals surface area contributed by atoms with Gasteiger partial charge in [-0.15, -0.1) is 0 Å². The smallest absolute Gasteiger partial charge is 0.326 e. The van der Waals surface area contributed by atoms with E-state index in [-0.39, 0.29) is 12.3 Å². The van der Waals surface area contributed by atoms with Crippen molar-refractivity contribution in [3.8, 4) is 0 Å². The highest BCUT2D eigenvalue weighted by Crippen LogP contribution is 2.21. The van der Waals surface area contributed by atoms with E-state index < -0.39 is 60.2 Å². The van der Waals surface area contributed by atoms with E-state index in [2.05, 4.69) is 10.6 Å². The third kappa shape index (κ3) is 7.97. The van der Waals surface area contributed by atoms with Crippen molar-refractivity contribution < 1.29 is 34.2 Å². The lowest BCUT2D eigenvalue weighted by Crippen LogP contribution is -2.57. The lowest BCUT2D eigenvalue weighted by molar-refractivity contribution is -0.146. The number of aliphatic carboxylic acids is 2. The number of carbonyl (C=O) groups excluding carboxylic acids is 3. The van der Waals surface area contributed by atoms with Gasteiger partial charge in [-0.25, -0.2) is 4.79 Å². The Bertz CT molecular complexity index is 705. The molecular weight excluding hydrogens is 440 g/mol. The molecule has 1 aliphatic rings. The summed E-state index contributed by atoms with van der Waals surface area (Å²) in [5, 5.41) is 23.3. The van der Waals surface area contributed by atoms with E-state index in [9.17, 15) is 29.1 Å². The maximum atomic E-state index is 13.2. The predicted molar refractivity (Wildman–Crippen MR) is 119 cm³/mol. The van der Waals surface area contributed by atoms with Gasteiger partial charge in [0.15, 0.2) is 0 Å².